The van der Waals surface area contributed by atoms with Crippen molar-refractivity contribution >= 4 is 46.2 Å². The molecule has 0 bridgehead atoms. The second-order valence-corrected chi connectivity index (χ2v) is 6.92. The van der Waals surface area contributed by atoms with Crippen LogP contribution in [0.25, 0.3) is 0 Å². The lowest BCUT2D eigenvalue weighted by atomic mass is 10.2. The van der Waals surface area contributed by atoms with E-state index in [0.717, 1.165) is 16.8 Å². The maximum absolute atomic E-state index is 6.34. The molecule has 0 saturated heterocycles. The molecule has 6 heteroatoms. The van der Waals surface area contributed by atoms with Gasteiger partial charge >= 0.3 is 0 Å². The van der Waals surface area contributed by atoms with Crippen LogP contribution in [-0.2, 0) is 13.1 Å². The molecule has 2 aromatic carbocycles. The minimum absolute atomic E-state index is 0.571. The number of para-hydroxylation sites is 1. The third-order valence-corrected chi connectivity index (χ3v) is 4.88. The third kappa shape index (κ3) is 4.94. The number of benzene rings is 2. The number of halogens is 2. The summed E-state index contributed by atoms with van der Waals surface area (Å²) in [6, 6.07) is 19.2. The Morgan fingerprint density at radius 3 is 2.35 bits per heavy atom. The predicted molar refractivity (Wildman–Crippen MR) is 113 cm³/mol. The lowest BCUT2D eigenvalue weighted by Gasteiger charge is -2.26. The number of aromatic nitrogens is 1. The SMILES string of the molecule is S=C(Nc1ccccc1Cl)N(Cc1cccnc1)Cc1ccccc1Cl. The smallest absolute Gasteiger partial charge is 0.174 e. The number of thiocarbonyl (C=S) groups is 1. The van der Waals surface area contributed by atoms with Gasteiger partial charge in [0.05, 0.1) is 10.7 Å². The van der Waals surface area contributed by atoms with E-state index in [-0.39, 0.29) is 0 Å². The quantitative estimate of drug-likeness (QED) is 0.547. The molecular weight excluding hydrogens is 385 g/mol. The standard InChI is InChI=1S/C20H17Cl2N3S/c21-17-8-2-1-7-16(17)14-25(13-15-6-5-11-23-12-15)20(26)24-19-10-4-3-9-18(19)22/h1-12H,13-14H2,(H,24,26). The van der Waals surface area contributed by atoms with Gasteiger partial charge in [-0.2, -0.15) is 0 Å². The first-order valence-electron chi connectivity index (χ1n) is 8.06. The lowest BCUT2D eigenvalue weighted by molar-refractivity contribution is 0.412. The predicted octanol–water partition coefficient (Wildman–Crippen LogP) is 5.79. The highest BCUT2D eigenvalue weighted by molar-refractivity contribution is 7.80. The third-order valence-electron chi connectivity index (χ3n) is 3.82. The molecule has 0 aliphatic carbocycles. The van der Waals surface area contributed by atoms with Gasteiger partial charge in [0.15, 0.2) is 5.11 Å². The van der Waals surface area contributed by atoms with Gasteiger partial charge in [-0.1, -0.05) is 59.6 Å². The summed E-state index contributed by atoms with van der Waals surface area (Å²) < 4.78 is 0. The van der Waals surface area contributed by atoms with Crippen LogP contribution >= 0.6 is 35.4 Å². The molecule has 1 aromatic heterocycles. The summed E-state index contributed by atoms with van der Waals surface area (Å²) in [5.41, 5.74) is 2.83. The Bertz CT molecular complexity index is 887. The number of nitrogens with zero attached hydrogens (tertiary/aromatic N) is 2. The first-order valence-corrected chi connectivity index (χ1v) is 9.22. The minimum atomic E-state index is 0.571. The molecule has 0 radical (unpaired) electrons. The van der Waals surface area contributed by atoms with Crippen LogP contribution in [0.1, 0.15) is 11.1 Å². The first-order chi connectivity index (χ1) is 12.6. The van der Waals surface area contributed by atoms with Gasteiger partial charge in [0.2, 0.25) is 0 Å². The molecule has 132 valence electrons. The fraction of sp³-hybridized carbons (Fsp3) is 0.100. The van der Waals surface area contributed by atoms with Crippen molar-refractivity contribution in [2.45, 2.75) is 13.1 Å². The van der Waals surface area contributed by atoms with Crippen LogP contribution in [0.15, 0.2) is 73.1 Å². The normalized spacial score (nSPS) is 10.4. The van der Waals surface area contributed by atoms with Crippen molar-refractivity contribution in [1.29, 1.82) is 0 Å². The van der Waals surface area contributed by atoms with Gasteiger partial charge < -0.3 is 10.2 Å². The van der Waals surface area contributed by atoms with E-state index in [0.29, 0.717) is 28.2 Å². The molecule has 3 aromatic rings. The second kappa shape index (κ2) is 8.99. The van der Waals surface area contributed by atoms with Gasteiger partial charge in [0.1, 0.15) is 0 Å². The van der Waals surface area contributed by atoms with Crippen molar-refractivity contribution in [3.8, 4) is 0 Å². The van der Waals surface area contributed by atoms with Crippen LogP contribution in [0, 0.1) is 0 Å². The van der Waals surface area contributed by atoms with E-state index < -0.39 is 0 Å². The van der Waals surface area contributed by atoms with Gasteiger partial charge in [-0.3, -0.25) is 4.98 Å². The van der Waals surface area contributed by atoms with Crippen molar-refractivity contribution in [2.24, 2.45) is 0 Å². The van der Waals surface area contributed by atoms with E-state index in [4.69, 9.17) is 35.4 Å². The van der Waals surface area contributed by atoms with Crippen LogP contribution in [0.2, 0.25) is 10.0 Å². The van der Waals surface area contributed by atoms with E-state index in [1.807, 2.05) is 71.8 Å². The molecule has 0 aliphatic rings. The van der Waals surface area contributed by atoms with Crippen LogP contribution in [-0.4, -0.2) is 15.0 Å². The van der Waals surface area contributed by atoms with E-state index in [1.54, 1.807) is 6.20 Å². The Balaban J connectivity index is 1.83. The average molecular weight is 402 g/mol. The molecule has 0 amide bonds. The van der Waals surface area contributed by atoms with Crippen LogP contribution < -0.4 is 5.32 Å². The summed E-state index contributed by atoms with van der Waals surface area (Å²) in [6.45, 7) is 1.18. The summed E-state index contributed by atoms with van der Waals surface area (Å²) in [6.07, 6.45) is 3.58. The number of nitrogens with one attached hydrogen (secondary N) is 1. The van der Waals surface area contributed by atoms with Gasteiger partial charge in [-0.15, -0.1) is 0 Å². The number of anilines is 1. The highest BCUT2D eigenvalue weighted by Gasteiger charge is 2.14. The zero-order valence-corrected chi connectivity index (χ0v) is 16.2. The van der Waals surface area contributed by atoms with Gasteiger partial charge in [0.25, 0.3) is 0 Å². The monoisotopic (exact) mass is 401 g/mol. The Morgan fingerprint density at radius 2 is 1.65 bits per heavy atom. The van der Waals surface area contributed by atoms with Crippen molar-refractivity contribution < 1.29 is 0 Å². The number of rotatable bonds is 5. The summed E-state index contributed by atoms with van der Waals surface area (Å²) in [4.78, 5) is 6.22. The minimum Gasteiger partial charge on any atom is -0.340 e. The van der Waals surface area contributed by atoms with Gasteiger partial charge in [0, 0.05) is 30.5 Å². The summed E-state index contributed by atoms with van der Waals surface area (Å²) in [5.74, 6) is 0. The van der Waals surface area contributed by atoms with Gasteiger partial charge in [-0.25, -0.2) is 0 Å². The number of hydrogen-bond acceptors (Lipinski definition) is 2. The molecule has 0 spiro atoms. The molecule has 3 nitrogen and oxygen atoms in total. The Hall–Kier alpha value is -2.14. The van der Waals surface area contributed by atoms with Crippen molar-refractivity contribution in [3.63, 3.8) is 0 Å². The molecule has 1 N–H and O–H groups in total. The van der Waals surface area contributed by atoms with E-state index >= 15 is 0 Å². The fourth-order valence-corrected chi connectivity index (χ4v) is 3.12. The number of pyridine rings is 1. The molecule has 3 rings (SSSR count). The van der Waals surface area contributed by atoms with Crippen molar-refractivity contribution in [1.82, 2.24) is 9.88 Å². The lowest BCUT2D eigenvalue weighted by Crippen LogP contribution is -2.34. The molecule has 0 atom stereocenters. The van der Waals surface area contributed by atoms with E-state index in [1.165, 1.54) is 0 Å². The number of hydrogen-bond donors (Lipinski definition) is 1. The van der Waals surface area contributed by atoms with Crippen molar-refractivity contribution in [3.05, 3.63) is 94.2 Å². The summed E-state index contributed by atoms with van der Waals surface area (Å²) in [5, 5.41) is 5.13. The Morgan fingerprint density at radius 1 is 0.923 bits per heavy atom. The zero-order chi connectivity index (χ0) is 18.4. The summed E-state index contributed by atoms with van der Waals surface area (Å²) >= 11 is 18.2. The zero-order valence-electron chi connectivity index (χ0n) is 13.9. The maximum atomic E-state index is 6.34. The molecule has 0 fully saturated rings. The first kappa shape index (κ1) is 18.6. The van der Waals surface area contributed by atoms with E-state index in [2.05, 4.69) is 10.3 Å². The molecule has 0 saturated carbocycles. The average Bonchev–Trinajstić information content (AvgIpc) is 2.65. The molecule has 1 heterocycles. The second-order valence-electron chi connectivity index (χ2n) is 5.72. The summed E-state index contributed by atoms with van der Waals surface area (Å²) in [7, 11) is 0. The molecule has 0 unspecified atom stereocenters. The Kier molecular flexibility index (Phi) is 6.45. The van der Waals surface area contributed by atoms with Crippen LogP contribution in [0.3, 0.4) is 0 Å². The maximum Gasteiger partial charge on any atom is 0.174 e. The van der Waals surface area contributed by atoms with Crippen LogP contribution in [0.5, 0.6) is 0 Å². The fourth-order valence-electron chi connectivity index (χ4n) is 2.50. The largest absolute Gasteiger partial charge is 0.340 e. The van der Waals surface area contributed by atoms with E-state index in [9.17, 15) is 0 Å². The molecular formula is C20H17Cl2N3S. The highest BCUT2D eigenvalue weighted by Crippen LogP contribution is 2.23. The topological polar surface area (TPSA) is 28.2 Å². The Labute approximate surface area is 168 Å². The van der Waals surface area contributed by atoms with Crippen LogP contribution in [0.4, 0.5) is 5.69 Å². The van der Waals surface area contributed by atoms with Crippen molar-refractivity contribution in [2.75, 3.05) is 5.32 Å². The molecule has 26 heavy (non-hydrogen) atoms. The highest BCUT2D eigenvalue weighted by atomic mass is 35.5. The molecule has 0 aliphatic heterocycles. The van der Waals surface area contributed by atoms with Gasteiger partial charge in [-0.05, 0) is 47.6 Å².